The number of halogens is 2. The van der Waals surface area contributed by atoms with E-state index in [0.29, 0.717) is 65.7 Å². The van der Waals surface area contributed by atoms with E-state index in [4.69, 9.17) is 27.9 Å². The quantitative estimate of drug-likeness (QED) is 0.418. The number of piperidine rings is 1. The second-order valence-corrected chi connectivity index (χ2v) is 12.7. The first-order valence-corrected chi connectivity index (χ1v) is 15.6. The monoisotopic (exact) mass is 614 g/mol. The lowest BCUT2D eigenvalue weighted by atomic mass is 9.94. The van der Waals surface area contributed by atoms with Gasteiger partial charge in [-0.2, -0.15) is 0 Å². The van der Waals surface area contributed by atoms with Gasteiger partial charge in [0, 0.05) is 74.4 Å². The van der Waals surface area contributed by atoms with Crippen molar-refractivity contribution < 1.29 is 19.1 Å². The molecule has 0 aromatic heterocycles. The van der Waals surface area contributed by atoms with E-state index in [1.54, 1.807) is 32.2 Å². The fourth-order valence-electron chi connectivity index (χ4n) is 6.69. The number of carbonyl (C=O) groups excluding carboxylic acids is 3. The van der Waals surface area contributed by atoms with Crippen LogP contribution >= 0.6 is 23.2 Å². The van der Waals surface area contributed by atoms with Gasteiger partial charge in [-0.3, -0.25) is 14.4 Å². The fraction of sp³-hybridized carbons (Fsp3) is 0.531. The number of likely N-dealkylation sites (tertiary alicyclic amines) is 3. The normalized spacial score (nSPS) is 21.0. The second kappa shape index (κ2) is 13.2. The molecule has 3 saturated heterocycles. The number of carbonyl (C=O) groups is 3. The largest absolute Gasteiger partial charge is 0.496 e. The zero-order valence-electron chi connectivity index (χ0n) is 24.7. The third-order valence-corrected chi connectivity index (χ3v) is 9.76. The lowest BCUT2D eigenvalue weighted by molar-refractivity contribution is -0.133. The number of hydrogen-bond donors (Lipinski definition) is 0. The van der Waals surface area contributed by atoms with Gasteiger partial charge in [0.2, 0.25) is 11.8 Å². The highest BCUT2D eigenvalue weighted by Gasteiger charge is 2.42. The van der Waals surface area contributed by atoms with Crippen LogP contribution in [0.2, 0.25) is 10.0 Å². The van der Waals surface area contributed by atoms with Crippen LogP contribution in [0.1, 0.15) is 42.1 Å². The van der Waals surface area contributed by atoms with Crippen LogP contribution in [0.3, 0.4) is 0 Å². The van der Waals surface area contributed by atoms with Gasteiger partial charge in [0.1, 0.15) is 5.75 Å². The second-order valence-electron chi connectivity index (χ2n) is 11.9. The van der Waals surface area contributed by atoms with E-state index in [1.165, 1.54) is 0 Å². The molecule has 0 saturated carbocycles. The number of methoxy groups -OCH3 is 1. The molecule has 0 radical (unpaired) electrons. The summed E-state index contributed by atoms with van der Waals surface area (Å²) in [4.78, 5) is 46.9. The average molecular weight is 616 g/mol. The van der Waals surface area contributed by atoms with Gasteiger partial charge in [-0.05, 0) is 80.5 Å². The number of rotatable bonds is 8. The van der Waals surface area contributed by atoms with Crippen LogP contribution < -0.4 is 9.64 Å². The molecule has 0 aliphatic carbocycles. The van der Waals surface area contributed by atoms with Crippen molar-refractivity contribution in [1.29, 1.82) is 0 Å². The maximum atomic E-state index is 13.8. The molecule has 10 heteroatoms. The Morgan fingerprint density at radius 3 is 2.26 bits per heavy atom. The molecule has 2 aromatic carbocycles. The van der Waals surface area contributed by atoms with Gasteiger partial charge in [0.15, 0.2) is 0 Å². The Morgan fingerprint density at radius 2 is 1.64 bits per heavy atom. The summed E-state index contributed by atoms with van der Waals surface area (Å²) in [6.07, 6.45) is 2.20. The molecule has 0 bridgehead atoms. The van der Waals surface area contributed by atoms with Crippen LogP contribution in [-0.4, -0.2) is 91.9 Å². The van der Waals surface area contributed by atoms with E-state index in [9.17, 15) is 14.4 Å². The highest BCUT2D eigenvalue weighted by Crippen LogP contribution is 2.34. The van der Waals surface area contributed by atoms with Gasteiger partial charge in [0.05, 0.1) is 12.7 Å². The summed E-state index contributed by atoms with van der Waals surface area (Å²) in [7, 11) is 1.57. The van der Waals surface area contributed by atoms with Crippen molar-refractivity contribution in [3.8, 4) is 5.75 Å². The molecule has 2 aromatic rings. The highest BCUT2D eigenvalue weighted by atomic mass is 35.5. The van der Waals surface area contributed by atoms with E-state index in [0.717, 1.165) is 50.4 Å². The summed E-state index contributed by atoms with van der Waals surface area (Å²) in [5.41, 5.74) is 2.32. The van der Waals surface area contributed by atoms with Crippen LogP contribution in [0.5, 0.6) is 5.75 Å². The summed E-state index contributed by atoms with van der Waals surface area (Å²) in [6.45, 7) is 9.60. The number of benzene rings is 2. The van der Waals surface area contributed by atoms with Crippen LogP contribution in [0.25, 0.3) is 0 Å². The molecule has 3 aliphatic rings. The maximum Gasteiger partial charge on any atom is 0.257 e. The zero-order valence-corrected chi connectivity index (χ0v) is 26.2. The number of anilines is 1. The predicted molar refractivity (Wildman–Crippen MR) is 165 cm³/mol. The predicted octanol–water partition coefficient (Wildman–Crippen LogP) is 5.00. The van der Waals surface area contributed by atoms with Crippen LogP contribution in [0.15, 0.2) is 36.4 Å². The lowest BCUT2D eigenvalue weighted by Gasteiger charge is -2.34. The molecular weight excluding hydrogens is 575 g/mol. The van der Waals surface area contributed by atoms with E-state index in [1.807, 2.05) is 39.8 Å². The molecule has 8 nitrogen and oxygen atoms in total. The van der Waals surface area contributed by atoms with E-state index >= 15 is 0 Å². The Morgan fingerprint density at radius 1 is 0.952 bits per heavy atom. The minimum Gasteiger partial charge on any atom is -0.496 e. The molecule has 3 fully saturated rings. The number of ether oxygens (including phenoxy) is 1. The van der Waals surface area contributed by atoms with E-state index in [-0.39, 0.29) is 23.6 Å². The summed E-state index contributed by atoms with van der Waals surface area (Å²) in [6, 6.07) is 11.0. The fourth-order valence-corrected chi connectivity index (χ4v) is 7.03. The SMILES string of the molecule is COc1ccc(Cl)cc1C(=O)N1CC2CN(CCCN(C(=O)C3CCN(C(C)=O)CC3)c3ccc(C)c(Cl)c3)CC2C1. The van der Waals surface area contributed by atoms with Crippen LogP contribution in [-0.2, 0) is 9.59 Å². The molecule has 3 aliphatic heterocycles. The molecule has 5 rings (SSSR count). The zero-order chi connectivity index (χ0) is 30.0. The van der Waals surface area contributed by atoms with Gasteiger partial charge in [-0.1, -0.05) is 29.3 Å². The summed E-state index contributed by atoms with van der Waals surface area (Å²) >= 11 is 12.6. The minimum absolute atomic E-state index is 0.0321. The van der Waals surface area contributed by atoms with Crippen LogP contribution in [0, 0.1) is 24.7 Å². The van der Waals surface area contributed by atoms with Crippen molar-refractivity contribution >= 4 is 46.6 Å². The topological polar surface area (TPSA) is 73.4 Å². The molecule has 3 amide bonds. The summed E-state index contributed by atoms with van der Waals surface area (Å²) in [5, 5.41) is 1.17. The maximum absolute atomic E-state index is 13.8. The standard InChI is InChI=1S/C32H40Cl2N4O4/c1-21-5-7-27(16-29(21)34)38(31(40)23-9-13-36(14-10-23)22(2)39)12-4-11-35-17-24-19-37(20-25(24)18-35)32(41)28-15-26(33)6-8-30(28)42-3/h5-8,15-16,23-25H,4,9-14,17-20H2,1-3H3. The van der Waals surface area contributed by atoms with Crippen molar-refractivity contribution in [3.05, 3.63) is 57.6 Å². The highest BCUT2D eigenvalue weighted by molar-refractivity contribution is 6.31. The molecule has 2 atom stereocenters. The molecule has 226 valence electrons. The van der Waals surface area contributed by atoms with Crippen molar-refractivity contribution in [2.75, 3.05) is 64.4 Å². The molecule has 0 spiro atoms. The van der Waals surface area contributed by atoms with Crippen molar-refractivity contribution in [2.24, 2.45) is 17.8 Å². The Bertz CT molecular complexity index is 1320. The van der Waals surface area contributed by atoms with Gasteiger partial charge in [-0.15, -0.1) is 0 Å². The molecule has 42 heavy (non-hydrogen) atoms. The molecule has 3 heterocycles. The lowest BCUT2D eigenvalue weighted by Crippen LogP contribution is -2.44. The molecule has 0 N–H and O–H groups in total. The first-order valence-electron chi connectivity index (χ1n) is 14.8. The summed E-state index contributed by atoms with van der Waals surface area (Å²) in [5.74, 6) is 1.45. The van der Waals surface area contributed by atoms with Crippen molar-refractivity contribution in [1.82, 2.24) is 14.7 Å². The van der Waals surface area contributed by atoms with E-state index < -0.39 is 0 Å². The molecule has 2 unspecified atom stereocenters. The number of aryl methyl sites for hydroxylation is 1. The van der Waals surface area contributed by atoms with Gasteiger partial charge >= 0.3 is 0 Å². The number of hydrogen-bond acceptors (Lipinski definition) is 5. The number of fused-ring (bicyclic) bond motifs is 1. The Kier molecular flexibility index (Phi) is 9.65. The third-order valence-electron chi connectivity index (χ3n) is 9.12. The van der Waals surface area contributed by atoms with Gasteiger partial charge in [0.25, 0.3) is 5.91 Å². The van der Waals surface area contributed by atoms with Crippen molar-refractivity contribution in [2.45, 2.75) is 33.1 Å². The number of nitrogens with zero attached hydrogens (tertiary/aromatic N) is 4. The van der Waals surface area contributed by atoms with Gasteiger partial charge in [-0.25, -0.2) is 0 Å². The number of amides is 3. The Hall–Kier alpha value is -2.81. The van der Waals surface area contributed by atoms with Crippen molar-refractivity contribution in [3.63, 3.8) is 0 Å². The smallest absolute Gasteiger partial charge is 0.257 e. The Labute approximate surface area is 258 Å². The first-order chi connectivity index (χ1) is 20.1. The minimum atomic E-state index is -0.103. The summed E-state index contributed by atoms with van der Waals surface area (Å²) < 4.78 is 5.40. The van der Waals surface area contributed by atoms with E-state index in [2.05, 4.69) is 4.90 Å². The Balaban J connectivity index is 1.17. The van der Waals surface area contributed by atoms with Gasteiger partial charge < -0.3 is 24.3 Å². The average Bonchev–Trinajstić information content (AvgIpc) is 3.55. The van der Waals surface area contributed by atoms with Crippen LogP contribution in [0.4, 0.5) is 5.69 Å². The molecular formula is C32H40Cl2N4O4. The first kappa shape index (κ1) is 30.6. The third kappa shape index (κ3) is 6.71.